The molecule has 19 heavy (non-hydrogen) atoms. The Morgan fingerprint density at radius 3 is 2.05 bits per heavy atom. The predicted octanol–water partition coefficient (Wildman–Crippen LogP) is 4.93. The third-order valence-electron chi connectivity index (χ3n) is 2.38. The van der Waals surface area contributed by atoms with E-state index in [2.05, 4.69) is 4.98 Å². The standard InChI is InChI=1S/C11H4ClF6N/c12-7-4-9(11(16,17)18)19-8-2-1-5(3-6(7)8)10(13,14)15/h1-4H. The van der Waals surface area contributed by atoms with E-state index < -0.39 is 28.6 Å². The molecule has 0 fully saturated rings. The second-order valence-corrected chi connectivity index (χ2v) is 4.12. The Balaban J connectivity index is 2.67. The maximum Gasteiger partial charge on any atom is 0.433 e. The van der Waals surface area contributed by atoms with Crippen LogP contribution in [0.1, 0.15) is 11.3 Å². The van der Waals surface area contributed by atoms with Gasteiger partial charge in [-0.15, -0.1) is 0 Å². The highest BCUT2D eigenvalue weighted by Gasteiger charge is 2.34. The number of benzene rings is 1. The Bertz CT molecular complexity index is 631. The molecule has 0 unspecified atom stereocenters. The van der Waals surface area contributed by atoms with Crippen LogP contribution in [-0.4, -0.2) is 4.98 Å². The van der Waals surface area contributed by atoms with Crippen LogP contribution >= 0.6 is 11.6 Å². The van der Waals surface area contributed by atoms with Gasteiger partial charge in [-0.2, -0.15) is 26.3 Å². The molecule has 1 aromatic carbocycles. The number of alkyl halides is 6. The summed E-state index contributed by atoms with van der Waals surface area (Å²) >= 11 is 5.58. The highest BCUT2D eigenvalue weighted by Crippen LogP contribution is 2.36. The van der Waals surface area contributed by atoms with Crippen molar-refractivity contribution in [3.8, 4) is 0 Å². The predicted molar refractivity (Wildman–Crippen MR) is 56.8 cm³/mol. The van der Waals surface area contributed by atoms with E-state index in [4.69, 9.17) is 11.6 Å². The van der Waals surface area contributed by atoms with Gasteiger partial charge in [0.25, 0.3) is 0 Å². The van der Waals surface area contributed by atoms with Gasteiger partial charge in [0.2, 0.25) is 0 Å². The topological polar surface area (TPSA) is 12.9 Å². The molecule has 1 aromatic heterocycles. The zero-order valence-electron chi connectivity index (χ0n) is 8.90. The largest absolute Gasteiger partial charge is 0.433 e. The van der Waals surface area contributed by atoms with Crippen LogP contribution < -0.4 is 0 Å². The Kier molecular flexibility index (Phi) is 3.12. The number of hydrogen-bond acceptors (Lipinski definition) is 1. The Labute approximate surface area is 107 Å². The van der Waals surface area contributed by atoms with Gasteiger partial charge in [0.15, 0.2) is 0 Å². The van der Waals surface area contributed by atoms with Crippen LogP contribution in [0.25, 0.3) is 10.9 Å². The van der Waals surface area contributed by atoms with Crippen LogP contribution in [0.15, 0.2) is 24.3 Å². The van der Waals surface area contributed by atoms with E-state index in [0.29, 0.717) is 18.2 Å². The summed E-state index contributed by atoms with van der Waals surface area (Å²) in [4.78, 5) is 3.25. The van der Waals surface area contributed by atoms with E-state index in [1.807, 2.05) is 0 Å². The average Bonchev–Trinajstić information content (AvgIpc) is 2.26. The molecule has 0 aliphatic carbocycles. The highest BCUT2D eigenvalue weighted by molar-refractivity contribution is 6.35. The fraction of sp³-hybridized carbons (Fsp3) is 0.182. The summed E-state index contributed by atoms with van der Waals surface area (Å²) in [6.45, 7) is 0. The molecule has 0 bridgehead atoms. The maximum atomic E-state index is 12.5. The SMILES string of the molecule is FC(F)(F)c1ccc2nc(C(F)(F)F)cc(Cl)c2c1. The molecule has 0 amide bonds. The van der Waals surface area contributed by atoms with Crippen molar-refractivity contribution in [2.24, 2.45) is 0 Å². The lowest BCUT2D eigenvalue weighted by molar-refractivity contribution is -0.141. The summed E-state index contributed by atoms with van der Waals surface area (Å²) in [6, 6.07) is 2.69. The van der Waals surface area contributed by atoms with E-state index in [-0.39, 0.29) is 10.9 Å². The zero-order chi connectivity index (χ0) is 14.4. The summed E-state index contributed by atoms with van der Waals surface area (Å²) in [5.74, 6) is 0. The van der Waals surface area contributed by atoms with Crippen molar-refractivity contribution in [2.45, 2.75) is 12.4 Å². The minimum Gasteiger partial charge on any atom is -0.243 e. The fourth-order valence-corrected chi connectivity index (χ4v) is 1.76. The van der Waals surface area contributed by atoms with Crippen LogP contribution in [-0.2, 0) is 12.4 Å². The second kappa shape index (κ2) is 4.26. The Hall–Kier alpha value is -1.50. The average molecular weight is 300 g/mol. The van der Waals surface area contributed by atoms with Crippen molar-refractivity contribution in [2.75, 3.05) is 0 Å². The third kappa shape index (κ3) is 2.75. The molecule has 8 heteroatoms. The van der Waals surface area contributed by atoms with E-state index in [1.54, 1.807) is 0 Å². The van der Waals surface area contributed by atoms with Crippen molar-refractivity contribution in [3.05, 3.63) is 40.5 Å². The molecule has 1 nitrogen and oxygen atoms in total. The normalized spacial score (nSPS) is 13.0. The number of pyridine rings is 1. The lowest BCUT2D eigenvalue weighted by Gasteiger charge is -2.11. The van der Waals surface area contributed by atoms with Gasteiger partial charge in [0.05, 0.1) is 16.1 Å². The third-order valence-corrected chi connectivity index (χ3v) is 2.69. The van der Waals surface area contributed by atoms with Crippen molar-refractivity contribution >= 4 is 22.5 Å². The first-order valence-electron chi connectivity index (χ1n) is 4.84. The number of rotatable bonds is 0. The molecule has 2 aromatic rings. The summed E-state index contributed by atoms with van der Waals surface area (Å²) in [7, 11) is 0. The van der Waals surface area contributed by atoms with Crippen LogP contribution in [0.3, 0.4) is 0 Å². The number of fused-ring (bicyclic) bond motifs is 1. The molecule has 0 radical (unpaired) electrons. The minimum absolute atomic E-state index is 0.176. The van der Waals surface area contributed by atoms with Gasteiger partial charge in [0.1, 0.15) is 5.69 Å². The number of nitrogens with zero attached hydrogens (tertiary/aromatic N) is 1. The van der Waals surface area contributed by atoms with Gasteiger partial charge in [-0.1, -0.05) is 11.6 Å². The van der Waals surface area contributed by atoms with Gasteiger partial charge < -0.3 is 0 Å². The summed E-state index contributed by atoms with van der Waals surface area (Å²) in [5, 5.41) is -0.604. The van der Waals surface area contributed by atoms with E-state index in [9.17, 15) is 26.3 Å². The molecule has 0 saturated carbocycles. The number of hydrogen-bond donors (Lipinski definition) is 0. The van der Waals surface area contributed by atoms with Crippen LogP contribution in [0.4, 0.5) is 26.3 Å². The van der Waals surface area contributed by atoms with Crippen molar-refractivity contribution < 1.29 is 26.3 Å². The van der Waals surface area contributed by atoms with Gasteiger partial charge in [-0.25, -0.2) is 4.98 Å². The monoisotopic (exact) mass is 299 g/mol. The molecule has 0 aliphatic rings. The van der Waals surface area contributed by atoms with Gasteiger partial charge in [0, 0.05) is 5.39 Å². The molecule has 0 aliphatic heterocycles. The summed E-state index contributed by atoms with van der Waals surface area (Å²) in [6.07, 6.45) is -9.30. The first-order chi connectivity index (χ1) is 8.59. The first kappa shape index (κ1) is 13.9. The molecular formula is C11H4ClF6N. The smallest absolute Gasteiger partial charge is 0.243 e. The summed E-state index contributed by atoms with van der Waals surface area (Å²) in [5.41, 5.74) is -2.49. The number of aromatic nitrogens is 1. The quantitative estimate of drug-likeness (QED) is 0.629. The summed E-state index contributed by atoms with van der Waals surface area (Å²) < 4.78 is 74.8. The molecule has 0 N–H and O–H groups in total. The van der Waals surface area contributed by atoms with Crippen LogP contribution in [0.5, 0.6) is 0 Å². The second-order valence-electron chi connectivity index (χ2n) is 3.72. The highest BCUT2D eigenvalue weighted by atomic mass is 35.5. The molecule has 0 spiro atoms. The lowest BCUT2D eigenvalue weighted by atomic mass is 10.1. The van der Waals surface area contributed by atoms with Crippen molar-refractivity contribution in [1.82, 2.24) is 4.98 Å². The Morgan fingerprint density at radius 2 is 1.53 bits per heavy atom. The van der Waals surface area contributed by atoms with Gasteiger partial charge in [-0.3, -0.25) is 0 Å². The molecule has 102 valence electrons. The van der Waals surface area contributed by atoms with Crippen molar-refractivity contribution in [1.29, 1.82) is 0 Å². The Morgan fingerprint density at radius 1 is 0.895 bits per heavy atom. The van der Waals surface area contributed by atoms with Crippen LogP contribution in [0, 0.1) is 0 Å². The molecule has 1 heterocycles. The molecule has 2 rings (SSSR count). The van der Waals surface area contributed by atoms with Crippen LogP contribution in [0.2, 0.25) is 5.02 Å². The van der Waals surface area contributed by atoms with E-state index in [1.165, 1.54) is 0 Å². The zero-order valence-corrected chi connectivity index (χ0v) is 9.66. The lowest BCUT2D eigenvalue weighted by Crippen LogP contribution is -2.09. The fourth-order valence-electron chi connectivity index (χ4n) is 1.51. The first-order valence-corrected chi connectivity index (χ1v) is 5.21. The minimum atomic E-state index is -4.71. The van der Waals surface area contributed by atoms with Crippen molar-refractivity contribution in [3.63, 3.8) is 0 Å². The maximum absolute atomic E-state index is 12.5. The van der Waals surface area contributed by atoms with E-state index >= 15 is 0 Å². The number of halogens is 7. The van der Waals surface area contributed by atoms with Gasteiger partial charge >= 0.3 is 12.4 Å². The van der Waals surface area contributed by atoms with E-state index in [0.717, 1.165) is 6.07 Å². The van der Waals surface area contributed by atoms with Gasteiger partial charge in [-0.05, 0) is 24.3 Å². The molecule has 0 atom stereocenters. The molecular weight excluding hydrogens is 296 g/mol. The molecule has 0 saturated heterocycles.